The van der Waals surface area contributed by atoms with Crippen LogP contribution >= 0.6 is 23.2 Å². The van der Waals surface area contributed by atoms with Crippen LogP contribution in [-0.2, 0) is 6.54 Å². The molecule has 11 nitrogen and oxygen atoms in total. The van der Waals surface area contributed by atoms with Crippen LogP contribution in [-0.4, -0.2) is 99.5 Å². The monoisotopic (exact) mass is 629 g/mol. The second kappa shape index (κ2) is 14.5. The number of anilines is 1. The third-order valence-electron chi connectivity index (χ3n) is 7.69. The van der Waals surface area contributed by atoms with Gasteiger partial charge in [0.2, 0.25) is 11.8 Å². The maximum Gasteiger partial charge on any atom is 0.404 e. The van der Waals surface area contributed by atoms with Gasteiger partial charge in [0.25, 0.3) is 0 Å². The number of amides is 1. The number of rotatable bonds is 10. The van der Waals surface area contributed by atoms with Crippen LogP contribution in [0.15, 0.2) is 42.7 Å². The quantitative estimate of drug-likeness (QED) is 0.292. The summed E-state index contributed by atoms with van der Waals surface area (Å²) in [6, 6.07) is 9.27. The zero-order valence-electron chi connectivity index (χ0n) is 24.1. The number of aliphatic hydroxyl groups excluding tert-OH is 1. The number of halogens is 2. The molecule has 0 radical (unpaired) electrons. The molecule has 5 rings (SSSR count). The van der Waals surface area contributed by atoms with Crippen molar-refractivity contribution in [1.82, 2.24) is 30.1 Å². The number of hydrogen-bond acceptors (Lipinski definition) is 9. The Morgan fingerprint density at radius 2 is 1.67 bits per heavy atom. The maximum atomic E-state index is 10.9. The number of aromatic nitrogens is 3. The summed E-state index contributed by atoms with van der Waals surface area (Å²) in [6.07, 6.45) is 3.83. The van der Waals surface area contributed by atoms with Crippen LogP contribution in [0.1, 0.15) is 25.3 Å². The van der Waals surface area contributed by atoms with Gasteiger partial charge in [-0.2, -0.15) is 0 Å². The zero-order valence-corrected chi connectivity index (χ0v) is 25.6. The van der Waals surface area contributed by atoms with Gasteiger partial charge in [-0.25, -0.2) is 19.7 Å². The summed E-state index contributed by atoms with van der Waals surface area (Å²) in [5.74, 6) is 1.86. The largest absolute Gasteiger partial charge is 0.465 e. The van der Waals surface area contributed by atoms with Crippen molar-refractivity contribution in [3.05, 3.63) is 58.3 Å². The molecule has 2 aliphatic heterocycles. The van der Waals surface area contributed by atoms with E-state index >= 15 is 0 Å². The molecule has 0 bridgehead atoms. The van der Waals surface area contributed by atoms with Gasteiger partial charge in [0.05, 0.1) is 24.2 Å². The van der Waals surface area contributed by atoms with Crippen LogP contribution in [0.25, 0.3) is 11.3 Å². The van der Waals surface area contributed by atoms with Gasteiger partial charge < -0.3 is 25.2 Å². The molecule has 3 N–H and O–H groups in total. The summed E-state index contributed by atoms with van der Waals surface area (Å²) >= 11 is 12.6. The third-order valence-corrected chi connectivity index (χ3v) is 8.13. The summed E-state index contributed by atoms with van der Waals surface area (Å²) in [5.41, 5.74) is 2.49. The Labute approximate surface area is 261 Å². The SMILES string of the molecule is CC(O)CN1CCN(c2ncc(Oc3cc(CN4CCC(CNC(=O)O)CC4)cc(-c4cc(Cl)cc(Cl)c4)n3)cn2)CC1. The lowest BCUT2D eigenvalue weighted by Crippen LogP contribution is -2.48. The standard InChI is InChI=1S/C30H37Cl2N7O4/c1-20(40)18-38-6-8-39(9-7-38)29-33-16-26(17-34-29)43-28-11-22(10-27(36-28)23-12-24(31)14-25(32)13-23)19-37-4-2-21(3-5-37)15-35-30(41)42/h10-14,16-17,20-21,35,40H,2-9,15,18-19H2,1H3,(H,41,42). The number of benzene rings is 1. The second-order valence-corrected chi connectivity index (χ2v) is 12.1. The average molecular weight is 631 g/mol. The van der Waals surface area contributed by atoms with Crippen LogP contribution in [0, 0.1) is 5.92 Å². The Morgan fingerprint density at radius 1 is 1.00 bits per heavy atom. The van der Waals surface area contributed by atoms with E-state index in [1.807, 2.05) is 24.3 Å². The number of nitrogens with zero attached hydrogens (tertiary/aromatic N) is 6. The van der Waals surface area contributed by atoms with Gasteiger partial charge in [0, 0.05) is 67.5 Å². The maximum absolute atomic E-state index is 10.9. The summed E-state index contributed by atoms with van der Waals surface area (Å²) in [4.78, 5) is 31.4. The molecule has 1 aromatic carbocycles. The van der Waals surface area contributed by atoms with E-state index in [0.717, 1.165) is 63.2 Å². The smallest absolute Gasteiger partial charge is 0.404 e. The topological polar surface area (TPSA) is 127 Å². The van der Waals surface area contributed by atoms with Crippen molar-refractivity contribution in [1.29, 1.82) is 0 Å². The molecule has 1 unspecified atom stereocenters. The number of piperazine rings is 1. The fraction of sp³-hybridized carbons (Fsp3) is 0.467. The minimum atomic E-state index is -0.979. The minimum Gasteiger partial charge on any atom is -0.465 e. The highest BCUT2D eigenvalue weighted by molar-refractivity contribution is 6.35. The molecular weight excluding hydrogens is 593 g/mol. The highest BCUT2D eigenvalue weighted by Gasteiger charge is 2.22. The molecule has 4 heterocycles. The van der Waals surface area contributed by atoms with Gasteiger partial charge in [-0.3, -0.25) is 9.80 Å². The molecule has 2 saturated heterocycles. The van der Waals surface area contributed by atoms with Crippen LogP contribution in [0.4, 0.5) is 10.7 Å². The summed E-state index contributed by atoms with van der Waals surface area (Å²) < 4.78 is 6.17. The van der Waals surface area contributed by atoms with Gasteiger partial charge in [-0.05, 0) is 68.6 Å². The van der Waals surface area contributed by atoms with E-state index in [0.29, 0.717) is 58.9 Å². The number of aliphatic hydroxyl groups is 1. The molecule has 2 fully saturated rings. The molecule has 13 heteroatoms. The molecule has 2 aliphatic rings. The molecule has 1 amide bonds. The van der Waals surface area contributed by atoms with Crippen LogP contribution in [0.3, 0.4) is 0 Å². The normalized spacial score (nSPS) is 17.5. The van der Waals surface area contributed by atoms with E-state index in [-0.39, 0.29) is 6.10 Å². The molecule has 0 aliphatic carbocycles. The van der Waals surface area contributed by atoms with Gasteiger partial charge in [0.1, 0.15) is 0 Å². The third kappa shape index (κ3) is 9.14. The number of likely N-dealkylation sites (tertiary alicyclic amines) is 1. The first-order valence-electron chi connectivity index (χ1n) is 14.5. The fourth-order valence-corrected chi connectivity index (χ4v) is 6.07. The Hall–Kier alpha value is -3.22. The Morgan fingerprint density at radius 3 is 2.30 bits per heavy atom. The first kappa shape index (κ1) is 31.2. The van der Waals surface area contributed by atoms with E-state index in [1.165, 1.54) is 0 Å². The number of hydrogen-bond donors (Lipinski definition) is 3. The highest BCUT2D eigenvalue weighted by atomic mass is 35.5. The Bertz CT molecular complexity index is 1360. The number of β-amino-alcohol motifs (C(OH)–C–C–N with tert-alkyl or cyclic N) is 1. The number of pyridine rings is 1. The minimum absolute atomic E-state index is 0.337. The lowest BCUT2D eigenvalue weighted by Gasteiger charge is -2.35. The van der Waals surface area contributed by atoms with Gasteiger partial charge >= 0.3 is 6.09 Å². The first-order chi connectivity index (χ1) is 20.7. The Balaban J connectivity index is 1.29. The molecule has 1 atom stereocenters. The lowest BCUT2D eigenvalue weighted by atomic mass is 9.96. The van der Waals surface area contributed by atoms with Crippen LogP contribution in [0.2, 0.25) is 10.0 Å². The molecule has 0 spiro atoms. The highest BCUT2D eigenvalue weighted by Crippen LogP contribution is 2.31. The van der Waals surface area contributed by atoms with Crippen molar-refractivity contribution in [3.63, 3.8) is 0 Å². The van der Waals surface area contributed by atoms with Gasteiger partial charge in [-0.15, -0.1) is 0 Å². The summed E-state index contributed by atoms with van der Waals surface area (Å²) in [6.45, 7) is 8.64. The predicted molar refractivity (Wildman–Crippen MR) is 166 cm³/mol. The zero-order chi connectivity index (χ0) is 30.3. The molecule has 3 aromatic rings. The van der Waals surface area contributed by atoms with Crippen molar-refractivity contribution in [3.8, 4) is 22.9 Å². The lowest BCUT2D eigenvalue weighted by molar-refractivity contribution is 0.122. The fourth-order valence-electron chi connectivity index (χ4n) is 5.54. The number of nitrogens with one attached hydrogen (secondary N) is 1. The van der Waals surface area contributed by atoms with Crippen molar-refractivity contribution in [2.75, 3.05) is 57.3 Å². The van der Waals surface area contributed by atoms with Crippen molar-refractivity contribution < 1.29 is 19.7 Å². The molecular formula is C30H37Cl2N7O4. The van der Waals surface area contributed by atoms with Gasteiger partial charge in [-0.1, -0.05) is 23.2 Å². The number of piperidine rings is 1. The van der Waals surface area contributed by atoms with Gasteiger partial charge in [0.15, 0.2) is 5.75 Å². The Kier molecular flexibility index (Phi) is 10.5. The average Bonchev–Trinajstić information content (AvgIpc) is 2.97. The van der Waals surface area contributed by atoms with E-state index in [2.05, 4.69) is 30.0 Å². The van der Waals surface area contributed by atoms with E-state index in [9.17, 15) is 9.90 Å². The second-order valence-electron chi connectivity index (χ2n) is 11.2. The molecule has 230 valence electrons. The number of carboxylic acid groups (broad SMARTS) is 1. The van der Waals surface area contributed by atoms with Crippen molar-refractivity contribution in [2.45, 2.75) is 32.4 Å². The molecule has 2 aromatic heterocycles. The molecule has 43 heavy (non-hydrogen) atoms. The van der Waals surface area contributed by atoms with E-state index < -0.39 is 6.09 Å². The number of ether oxygens (including phenoxy) is 1. The first-order valence-corrected chi connectivity index (χ1v) is 15.3. The summed E-state index contributed by atoms with van der Waals surface area (Å²) in [7, 11) is 0. The van der Waals surface area contributed by atoms with Crippen LogP contribution in [0.5, 0.6) is 11.6 Å². The van der Waals surface area contributed by atoms with Crippen LogP contribution < -0.4 is 15.0 Å². The van der Waals surface area contributed by atoms with Crippen molar-refractivity contribution >= 4 is 35.2 Å². The summed E-state index contributed by atoms with van der Waals surface area (Å²) in [5, 5.41) is 22.1. The predicted octanol–water partition coefficient (Wildman–Crippen LogP) is 4.62. The molecule has 0 saturated carbocycles. The van der Waals surface area contributed by atoms with E-state index in [1.54, 1.807) is 25.4 Å². The van der Waals surface area contributed by atoms with E-state index in [4.69, 9.17) is 38.0 Å². The number of carbonyl (C=O) groups is 1. The van der Waals surface area contributed by atoms with Crippen molar-refractivity contribution in [2.24, 2.45) is 5.92 Å².